The number of hydrogen-bond acceptors (Lipinski definition) is 7. The minimum absolute atomic E-state index is 0.374. The maximum Gasteiger partial charge on any atom is 0.195 e. The highest BCUT2D eigenvalue weighted by Crippen LogP contribution is 2.26. The second kappa shape index (κ2) is 8.48. The van der Waals surface area contributed by atoms with Crippen molar-refractivity contribution in [2.75, 3.05) is 6.61 Å². The predicted octanol–water partition coefficient (Wildman–Crippen LogP) is 0.444. The Kier molecular flexibility index (Phi) is 6.08. The molecule has 1 aliphatic rings. The fourth-order valence-corrected chi connectivity index (χ4v) is 2.71. The summed E-state index contributed by atoms with van der Waals surface area (Å²) in [5.74, 6) is 1.01. The predicted molar refractivity (Wildman–Crippen MR) is 91.6 cm³/mol. The van der Waals surface area contributed by atoms with E-state index in [4.69, 9.17) is 19.3 Å². The largest absolute Gasteiger partial charge is 0.489 e. The Morgan fingerprint density at radius 3 is 2.15 bits per heavy atom. The molecule has 26 heavy (non-hydrogen) atoms. The fraction of sp³-hybridized carbons (Fsp3) is 0.368. The van der Waals surface area contributed by atoms with Crippen molar-refractivity contribution < 1.29 is 34.6 Å². The van der Waals surface area contributed by atoms with Crippen molar-refractivity contribution in [3.8, 4) is 11.5 Å². The standard InChI is InChI=1S/C19H22O7/c20-10-15-16(21)17(22)18(19(23)26-15)25-14-8-6-13(7-9-14)24-11-12-4-2-1-3-5-12/h1-9,15-23H,10-11H2/t15-,16-,17+,18-,19-/m1/s1. The van der Waals surface area contributed by atoms with E-state index in [9.17, 15) is 15.3 Å². The van der Waals surface area contributed by atoms with Crippen LogP contribution in [0.2, 0.25) is 0 Å². The molecule has 3 rings (SSSR count). The Balaban J connectivity index is 1.58. The highest BCUT2D eigenvalue weighted by atomic mass is 16.7. The third kappa shape index (κ3) is 4.32. The minimum atomic E-state index is -1.47. The normalized spacial score (nSPS) is 28.5. The van der Waals surface area contributed by atoms with Crippen molar-refractivity contribution in [3.63, 3.8) is 0 Å². The molecule has 1 aliphatic heterocycles. The Morgan fingerprint density at radius 1 is 0.846 bits per heavy atom. The highest BCUT2D eigenvalue weighted by molar-refractivity contribution is 5.32. The second-order valence-corrected chi connectivity index (χ2v) is 6.06. The number of aliphatic hydroxyl groups is 4. The van der Waals surface area contributed by atoms with Crippen LogP contribution in [0.4, 0.5) is 0 Å². The van der Waals surface area contributed by atoms with Gasteiger partial charge in [-0.1, -0.05) is 30.3 Å². The van der Waals surface area contributed by atoms with Gasteiger partial charge in [-0.25, -0.2) is 0 Å². The summed E-state index contributed by atoms with van der Waals surface area (Å²) >= 11 is 0. The van der Waals surface area contributed by atoms with Gasteiger partial charge in [-0.15, -0.1) is 0 Å². The molecule has 1 heterocycles. The molecule has 4 N–H and O–H groups in total. The first-order valence-electron chi connectivity index (χ1n) is 8.32. The van der Waals surface area contributed by atoms with Crippen LogP contribution < -0.4 is 9.47 Å². The smallest absolute Gasteiger partial charge is 0.195 e. The molecule has 2 aromatic rings. The monoisotopic (exact) mass is 362 g/mol. The molecule has 1 saturated heterocycles. The van der Waals surface area contributed by atoms with E-state index in [0.717, 1.165) is 5.56 Å². The molecule has 0 bridgehead atoms. The lowest BCUT2D eigenvalue weighted by molar-refractivity contribution is -0.280. The maximum absolute atomic E-state index is 10.1. The summed E-state index contributed by atoms with van der Waals surface area (Å²) in [7, 11) is 0. The first kappa shape index (κ1) is 18.6. The van der Waals surface area contributed by atoms with Crippen molar-refractivity contribution in [2.45, 2.75) is 37.3 Å². The van der Waals surface area contributed by atoms with E-state index in [1.165, 1.54) is 0 Å². The molecule has 140 valence electrons. The van der Waals surface area contributed by atoms with Gasteiger partial charge in [0.05, 0.1) is 6.61 Å². The van der Waals surface area contributed by atoms with Crippen molar-refractivity contribution in [1.82, 2.24) is 0 Å². The molecule has 7 nitrogen and oxygen atoms in total. The lowest BCUT2D eigenvalue weighted by Gasteiger charge is -2.39. The van der Waals surface area contributed by atoms with E-state index in [0.29, 0.717) is 18.1 Å². The number of benzene rings is 2. The number of rotatable bonds is 6. The van der Waals surface area contributed by atoms with Crippen LogP contribution in [0.5, 0.6) is 11.5 Å². The average molecular weight is 362 g/mol. The molecule has 0 amide bonds. The van der Waals surface area contributed by atoms with Gasteiger partial charge in [-0.05, 0) is 29.8 Å². The lowest BCUT2D eigenvalue weighted by atomic mass is 9.99. The van der Waals surface area contributed by atoms with Crippen LogP contribution >= 0.6 is 0 Å². The summed E-state index contributed by atoms with van der Waals surface area (Å²) < 4.78 is 16.3. The van der Waals surface area contributed by atoms with E-state index in [2.05, 4.69) is 0 Å². The molecule has 0 saturated carbocycles. The van der Waals surface area contributed by atoms with Crippen LogP contribution in [0.25, 0.3) is 0 Å². The summed E-state index contributed by atoms with van der Waals surface area (Å²) in [5.41, 5.74) is 1.05. The van der Waals surface area contributed by atoms with Gasteiger partial charge in [-0.3, -0.25) is 0 Å². The van der Waals surface area contributed by atoms with Crippen LogP contribution in [-0.4, -0.2) is 57.7 Å². The van der Waals surface area contributed by atoms with Crippen molar-refractivity contribution in [3.05, 3.63) is 60.2 Å². The van der Waals surface area contributed by atoms with E-state index < -0.39 is 37.3 Å². The average Bonchev–Trinajstić information content (AvgIpc) is 2.68. The SMILES string of the molecule is OC[C@H]1O[C@@H](O)[C@H](Oc2ccc(OCc3ccccc3)cc2)[C@@H](O)[C@@H]1O. The van der Waals surface area contributed by atoms with Gasteiger partial charge in [0.2, 0.25) is 0 Å². The van der Waals surface area contributed by atoms with Crippen LogP contribution in [0.3, 0.4) is 0 Å². The molecule has 5 atom stereocenters. The minimum Gasteiger partial charge on any atom is -0.489 e. The Hall–Kier alpha value is -2.16. The lowest BCUT2D eigenvalue weighted by Crippen LogP contribution is -2.60. The molecule has 0 aliphatic carbocycles. The van der Waals surface area contributed by atoms with Crippen LogP contribution in [0.1, 0.15) is 5.56 Å². The molecular formula is C19H22O7. The zero-order chi connectivity index (χ0) is 18.5. The molecule has 1 fully saturated rings. The topological polar surface area (TPSA) is 109 Å². The van der Waals surface area contributed by atoms with E-state index in [1.807, 2.05) is 30.3 Å². The zero-order valence-corrected chi connectivity index (χ0v) is 14.0. The Labute approximate surface area is 151 Å². The first-order chi connectivity index (χ1) is 12.6. The van der Waals surface area contributed by atoms with Crippen molar-refractivity contribution >= 4 is 0 Å². The van der Waals surface area contributed by atoms with Gasteiger partial charge in [0, 0.05) is 0 Å². The van der Waals surface area contributed by atoms with Crippen LogP contribution in [0, 0.1) is 0 Å². The second-order valence-electron chi connectivity index (χ2n) is 6.06. The highest BCUT2D eigenvalue weighted by Gasteiger charge is 2.45. The number of aliphatic hydroxyl groups excluding tert-OH is 4. The van der Waals surface area contributed by atoms with E-state index in [-0.39, 0.29) is 0 Å². The van der Waals surface area contributed by atoms with Gasteiger partial charge < -0.3 is 34.6 Å². The summed E-state index contributed by atoms with van der Waals surface area (Å²) in [6.45, 7) is -0.0842. The van der Waals surface area contributed by atoms with E-state index >= 15 is 0 Å². The molecule has 0 radical (unpaired) electrons. The Bertz CT molecular complexity index is 676. The van der Waals surface area contributed by atoms with Gasteiger partial charge in [0.25, 0.3) is 0 Å². The molecule has 0 spiro atoms. The third-order valence-corrected chi connectivity index (χ3v) is 4.19. The molecule has 2 aromatic carbocycles. The molecule has 0 aromatic heterocycles. The molecule has 7 heteroatoms. The summed E-state index contributed by atoms with van der Waals surface area (Å²) in [6, 6.07) is 16.4. The van der Waals surface area contributed by atoms with Crippen LogP contribution in [0.15, 0.2) is 54.6 Å². The summed E-state index contributed by atoms with van der Waals surface area (Å²) in [5, 5.41) is 39.0. The zero-order valence-electron chi connectivity index (χ0n) is 14.0. The Morgan fingerprint density at radius 2 is 1.50 bits per heavy atom. The number of ether oxygens (including phenoxy) is 3. The van der Waals surface area contributed by atoms with Gasteiger partial charge in [0.1, 0.15) is 36.4 Å². The van der Waals surface area contributed by atoms with Gasteiger partial charge >= 0.3 is 0 Å². The number of hydrogen-bond donors (Lipinski definition) is 4. The molecule has 0 unspecified atom stereocenters. The quantitative estimate of drug-likeness (QED) is 0.591. The summed E-state index contributed by atoms with van der Waals surface area (Å²) in [4.78, 5) is 0. The fourth-order valence-electron chi connectivity index (χ4n) is 2.71. The first-order valence-corrected chi connectivity index (χ1v) is 8.32. The van der Waals surface area contributed by atoms with Gasteiger partial charge in [-0.2, -0.15) is 0 Å². The summed E-state index contributed by atoms with van der Waals surface area (Å²) in [6.07, 6.45) is -6.47. The third-order valence-electron chi connectivity index (χ3n) is 4.19. The van der Waals surface area contributed by atoms with Crippen molar-refractivity contribution in [1.29, 1.82) is 0 Å². The molecular weight excluding hydrogens is 340 g/mol. The maximum atomic E-state index is 10.1. The van der Waals surface area contributed by atoms with E-state index in [1.54, 1.807) is 24.3 Å². The van der Waals surface area contributed by atoms with Crippen LogP contribution in [-0.2, 0) is 11.3 Å². The van der Waals surface area contributed by atoms with Gasteiger partial charge in [0.15, 0.2) is 12.4 Å². The van der Waals surface area contributed by atoms with Crippen molar-refractivity contribution in [2.24, 2.45) is 0 Å².